The second-order valence-corrected chi connectivity index (χ2v) is 3.21. The largest absolute Gasteiger partial charge is 0.282 e. The molecular weight excluding hydrogens is 142 g/mol. The second-order valence-electron chi connectivity index (χ2n) is 3.21. The number of likely N-dealkylation sites (tertiary alicyclic amines) is 1. The smallest absolute Gasteiger partial charge is 0.233 e. The van der Waals surface area contributed by atoms with E-state index >= 15 is 0 Å². The minimum Gasteiger partial charge on any atom is -0.282 e. The first-order chi connectivity index (χ1) is 5.25. The molecule has 3 heteroatoms. The van der Waals surface area contributed by atoms with Crippen molar-refractivity contribution in [2.45, 2.75) is 19.8 Å². The monoisotopic (exact) mass is 153 g/mol. The molecule has 11 heavy (non-hydrogen) atoms. The molecule has 3 nitrogen and oxygen atoms in total. The van der Waals surface area contributed by atoms with Crippen molar-refractivity contribution in [2.75, 3.05) is 6.54 Å². The SMILES string of the molecule is CCN1C(=O)C2CCC2C1=O. The number of rotatable bonds is 1. The van der Waals surface area contributed by atoms with E-state index < -0.39 is 0 Å². The van der Waals surface area contributed by atoms with E-state index in [0.717, 1.165) is 12.8 Å². The van der Waals surface area contributed by atoms with Gasteiger partial charge in [-0.1, -0.05) is 0 Å². The molecule has 0 spiro atoms. The molecule has 0 N–H and O–H groups in total. The van der Waals surface area contributed by atoms with Gasteiger partial charge in [0.05, 0.1) is 11.8 Å². The van der Waals surface area contributed by atoms with E-state index in [-0.39, 0.29) is 23.7 Å². The Bertz CT molecular complexity index is 202. The quantitative estimate of drug-likeness (QED) is 0.511. The van der Waals surface area contributed by atoms with Gasteiger partial charge in [0.15, 0.2) is 0 Å². The van der Waals surface area contributed by atoms with Gasteiger partial charge in [-0.15, -0.1) is 0 Å². The van der Waals surface area contributed by atoms with Gasteiger partial charge >= 0.3 is 0 Å². The summed E-state index contributed by atoms with van der Waals surface area (Å²) < 4.78 is 0. The average Bonchev–Trinajstić information content (AvgIpc) is 1.99. The summed E-state index contributed by atoms with van der Waals surface area (Å²) in [6.07, 6.45) is 1.84. The summed E-state index contributed by atoms with van der Waals surface area (Å²) in [6, 6.07) is 0. The lowest BCUT2D eigenvalue weighted by atomic mass is 9.76. The van der Waals surface area contributed by atoms with Gasteiger partial charge in [-0.25, -0.2) is 0 Å². The summed E-state index contributed by atoms with van der Waals surface area (Å²) in [5.41, 5.74) is 0. The predicted molar refractivity (Wildman–Crippen MR) is 38.6 cm³/mol. The van der Waals surface area contributed by atoms with E-state index in [4.69, 9.17) is 0 Å². The summed E-state index contributed by atoms with van der Waals surface area (Å²) >= 11 is 0. The number of hydrogen-bond donors (Lipinski definition) is 0. The Morgan fingerprint density at radius 2 is 1.73 bits per heavy atom. The van der Waals surface area contributed by atoms with Crippen LogP contribution in [0.15, 0.2) is 0 Å². The second kappa shape index (κ2) is 2.06. The van der Waals surface area contributed by atoms with Crippen LogP contribution in [-0.4, -0.2) is 23.3 Å². The highest BCUT2D eigenvalue weighted by atomic mass is 16.2. The van der Waals surface area contributed by atoms with Crippen molar-refractivity contribution in [1.29, 1.82) is 0 Å². The molecule has 1 aliphatic heterocycles. The molecule has 1 heterocycles. The minimum atomic E-state index is 0.0578. The Morgan fingerprint density at radius 1 is 1.27 bits per heavy atom. The number of fused-ring (bicyclic) bond motifs is 1. The summed E-state index contributed by atoms with van der Waals surface area (Å²) in [4.78, 5) is 24.0. The highest BCUT2D eigenvalue weighted by Crippen LogP contribution is 2.42. The predicted octanol–water partition coefficient (Wildman–Crippen LogP) is 0.401. The van der Waals surface area contributed by atoms with E-state index in [0.29, 0.717) is 6.54 Å². The Kier molecular flexibility index (Phi) is 1.28. The van der Waals surface area contributed by atoms with Crippen LogP contribution in [0.2, 0.25) is 0 Å². The number of carbonyl (C=O) groups is 2. The van der Waals surface area contributed by atoms with Gasteiger partial charge in [0.2, 0.25) is 11.8 Å². The fraction of sp³-hybridized carbons (Fsp3) is 0.750. The van der Waals surface area contributed by atoms with Gasteiger partial charge in [-0.3, -0.25) is 14.5 Å². The van der Waals surface area contributed by atoms with E-state index in [1.165, 1.54) is 4.90 Å². The zero-order valence-corrected chi connectivity index (χ0v) is 6.54. The van der Waals surface area contributed by atoms with Crippen LogP contribution in [0.3, 0.4) is 0 Å². The van der Waals surface area contributed by atoms with Crippen molar-refractivity contribution in [3.8, 4) is 0 Å². The van der Waals surface area contributed by atoms with E-state index in [1.807, 2.05) is 6.92 Å². The number of imide groups is 1. The maximum atomic E-state index is 11.3. The molecular formula is C8H11NO2. The van der Waals surface area contributed by atoms with Crippen LogP contribution in [0, 0.1) is 11.8 Å². The van der Waals surface area contributed by atoms with Crippen LogP contribution in [-0.2, 0) is 9.59 Å². The summed E-state index contributed by atoms with van der Waals surface area (Å²) in [6.45, 7) is 2.39. The first kappa shape index (κ1) is 6.83. The van der Waals surface area contributed by atoms with Gasteiger partial charge < -0.3 is 0 Å². The lowest BCUT2D eigenvalue weighted by Crippen LogP contribution is -2.29. The molecule has 2 rings (SSSR count). The Balaban J connectivity index is 2.24. The highest BCUT2D eigenvalue weighted by molar-refractivity contribution is 6.06. The zero-order valence-electron chi connectivity index (χ0n) is 6.54. The standard InChI is InChI=1S/C8H11NO2/c1-2-9-7(10)5-3-4-6(5)8(9)11/h5-6H,2-4H2,1H3. The van der Waals surface area contributed by atoms with Crippen LogP contribution in [0.5, 0.6) is 0 Å². The molecule has 0 aromatic heterocycles. The summed E-state index contributed by atoms with van der Waals surface area (Å²) in [5, 5.41) is 0. The van der Waals surface area contributed by atoms with Crippen molar-refractivity contribution in [2.24, 2.45) is 11.8 Å². The number of nitrogens with zero attached hydrogens (tertiary/aromatic N) is 1. The fourth-order valence-corrected chi connectivity index (χ4v) is 1.91. The van der Waals surface area contributed by atoms with Crippen molar-refractivity contribution in [3.05, 3.63) is 0 Å². The van der Waals surface area contributed by atoms with Crippen molar-refractivity contribution in [3.63, 3.8) is 0 Å². The van der Waals surface area contributed by atoms with E-state index in [2.05, 4.69) is 0 Å². The van der Waals surface area contributed by atoms with Crippen LogP contribution < -0.4 is 0 Å². The normalized spacial score (nSPS) is 35.5. The van der Waals surface area contributed by atoms with Gasteiger partial charge in [-0.05, 0) is 19.8 Å². The molecule has 2 unspecified atom stereocenters. The summed E-state index contributed by atoms with van der Waals surface area (Å²) in [5.74, 6) is 0.243. The van der Waals surface area contributed by atoms with Crippen molar-refractivity contribution < 1.29 is 9.59 Å². The minimum absolute atomic E-state index is 0.0578. The molecule has 2 amide bonds. The molecule has 2 fully saturated rings. The molecule has 0 bridgehead atoms. The molecule has 60 valence electrons. The van der Waals surface area contributed by atoms with Gasteiger partial charge in [0.25, 0.3) is 0 Å². The van der Waals surface area contributed by atoms with Crippen LogP contribution in [0.4, 0.5) is 0 Å². The van der Waals surface area contributed by atoms with E-state index in [1.54, 1.807) is 0 Å². The molecule has 2 atom stereocenters. The Labute approximate surface area is 65.4 Å². The topological polar surface area (TPSA) is 37.4 Å². The molecule has 1 saturated carbocycles. The highest BCUT2D eigenvalue weighted by Gasteiger charge is 2.51. The van der Waals surface area contributed by atoms with Gasteiger partial charge in [0.1, 0.15) is 0 Å². The molecule has 0 aromatic rings. The van der Waals surface area contributed by atoms with Crippen LogP contribution >= 0.6 is 0 Å². The maximum absolute atomic E-state index is 11.3. The lowest BCUT2D eigenvalue weighted by molar-refractivity contribution is -0.139. The van der Waals surface area contributed by atoms with Crippen molar-refractivity contribution >= 4 is 11.8 Å². The number of amides is 2. The van der Waals surface area contributed by atoms with Crippen LogP contribution in [0.25, 0.3) is 0 Å². The molecule has 0 aromatic carbocycles. The first-order valence-electron chi connectivity index (χ1n) is 4.11. The first-order valence-corrected chi connectivity index (χ1v) is 4.11. The average molecular weight is 153 g/mol. The van der Waals surface area contributed by atoms with Gasteiger partial charge in [0, 0.05) is 6.54 Å². The third-order valence-electron chi connectivity index (χ3n) is 2.76. The number of carbonyl (C=O) groups excluding carboxylic acids is 2. The molecule has 1 aliphatic carbocycles. The summed E-state index contributed by atoms with van der Waals surface area (Å²) in [7, 11) is 0. The Hall–Kier alpha value is -0.860. The molecule has 2 aliphatic rings. The third kappa shape index (κ3) is 0.682. The molecule has 1 saturated heterocycles. The van der Waals surface area contributed by atoms with Crippen LogP contribution in [0.1, 0.15) is 19.8 Å². The van der Waals surface area contributed by atoms with Gasteiger partial charge in [-0.2, -0.15) is 0 Å². The van der Waals surface area contributed by atoms with Crippen molar-refractivity contribution in [1.82, 2.24) is 4.90 Å². The zero-order chi connectivity index (χ0) is 8.01. The number of hydrogen-bond acceptors (Lipinski definition) is 2. The third-order valence-corrected chi connectivity index (χ3v) is 2.76. The molecule has 0 radical (unpaired) electrons. The fourth-order valence-electron chi connectivity index (χ4n) is 1.91. The lowest BCUT2D eigenvalue weighted by Gasteiger charge is -2.24. The maximum Gasteiger partial charge on any atom is 0.233 e. The Morgan fingerprint density at radius 3 is 2.00 bits per heavy atom. The van der Waals surface area contributed by atoms with E-state index in [9.17, 15) is 9.59 Å².